The van der Waals surface area contributed by atoms with Gasteiger partial charge in [0.1, 0.15) is 0 Å². The van der Waals surface area contributed by atoms with E-state index in [1.807, 2.05) is 91.0 Å². The van der Waals surface area contributed by atoms with E-state index in [4.69, 9.17) is 38.2 Å². The molecule has 0 spiro atoms. The van der Waals surface area contributed by atoms with Crippen molar-refractivity contribution in [1.82, 2.24) is 43.6 Å². The first-order chi connectivity index (χ1) is 42.4. The summed E-state index contributed by atoms with van der Waals surface area (Å²) in [5.41, 5.74) is 13.6. The second kappa shape index (κ2) is 23.2. The summed E-state index contributed by atoms with van der Waals surface area (Å²) in [5.74, 6) is 2.34. The van der Waals surface area contributed by atoms with Crippen molar-refractivity contribution in [3.8, 4) is 62.6 Å². The molecular formula is C72H48BCl2N9O2. The van der Waals surface area contributed by atoms with Gasteiger partial charge in [0, 0.05) is 65.7 Å². The maximum atomic E-state index is 9.69. The zero-order valence-corrected chi connectivity index (χ0v) is 47.3. The second-order valence-electron chi connectivity index (χ2n) is 20.3. The average Bonchev–Trinajstić information content (AvgIpc) is 2.05. The van der Waals surface area contributed by atoms with Gasteiger partial charge in [0.05, 0.1) is 44.5 Å². The van der Waals surface area contributed by atoms with Gasteiger partial charge in [0.25, 0.3) is 0 Å². The lowest BCUT2D eigenvalue weighted by molar-refractivity contribution is 0.425. The Morgan fingerprint density at radius 2 is 0.523 bits per heavy atom. The number of halogens is 2. The molecule has 0 atom stereocenters. The first-order valence-electron chi connectivity index (χ1n) is 27.9. The maximum absolute atomic E-state index is 9.69. The molecule has 0 unspecified atom stereocenters. The predicted octanol–water partition coefficient (Wildman–Crippen LogP) is 16.4. The van der Waals surface area contributed by atoms with Gasteiger partial charge < -0.3 is 23.7 Å². The fourth-order valence-electron chi connectivity index (χ4n) is 11.5. The normalized spacial score (nSPS) is 11.3. The van der Waals surface area contributed by atoms with E-state index in [-0.39, 0.29) is 10.6 Å². The average molecular weight is 1150 g/mol. The van der Waals surface area contributed by atoms with Crippen LogP contribution >= 0.6 is 23.2 Å². The Morgan fingerprint density at radius 3 is 0.884 bits per heavy atom. The third-order valence-corrected chi connectivity index (χ3v) is 15.6. The van der Waals surface area contributed by atoms with Gasteiger partial charge in [-0.05, 0) is 89.9 Å². The Hall–Kier alpha value is -10.6. The summed E-state index contributed by atoms with van der Waals surface area (Å²) in [4.78, 5) is 27.3. The van der Waals surface area contributed by atoms with Crippen molar-refractivity contribution in [3.05, 3.63) is 290 Å². The minimum atomic E-state index is -1.50. The zero-order valence-electron chi connectivity index (χ0n) is 45.8. The van der Waals surface area contributed by atoms with Gasteiger partial charge in [-0.2, -0.15) is 15.0 Å². The van der Waals surface area contributed by atoms with Crippen LogP contribution in [0, 0.1) is 0 Å². The van der Waals surface area contributed by atoms with Crippen LogP contribution in [-0.4, -0.2) is 60.8 Å². The number of fused-ring (bicyclic) bond motifs is 9. The molecule has 16 rings (SSSR count). The Bertz CT molecular complexity index is 4810. The Morgan fingerprint density at radius 1 is 0.256 bits per heavy atom. The molecule has 0 aliphatic rings. The van der Waals surface area contributed by atoms with E-state index < -0.39 is 7.12 Å². The summed E-state index contributed by atoms with van der Waals surface area (Å²) in [7, 11) is -1.50. The Labute approximate surface area is 504 Å². The van der Waals surface area contributed by atoms with Crippen molar-refractivity contribution in [3.63, 3.8) is 0 Å². The van der Waals surface area contributed by atoms with Crippen LogP contribution in [-0.2, 0) is 0 Å². The van der Waals surface area contributed by atoms with Crippen molar-refractivity contribution in [2.75, 3.05) is 0 Å². The summed E-state index contributed by atoms with van der Waals surface area (Å²) in [6.45, 7) is 0. The van der Waals surface area contributed by atoms with Crippen LogP contribution in [0.4, 0.5) is 0 Å². The smallest absolute Gasteiger partial charge is 0.423 e. The number of hydrogen-bond donors (Lipinski definition) is 2. The third-order valence-electron chi connectivity index (χ3n) is 15.2. The summed E-state index contributed by atoms with van der Waals surface area (Å²) < 4.78 is 6.74. The molecule has 0 aliphatic carbocycles. The molecule has 2 N–H and O–H groups in total. The maximum Gasteiger partial charge on any atom is 0.490 e. The number of benzene rings is 11. The first-order valence-corrected chi connectivity index (χ1v) is 28.7. The molecule has 410 valence electrons. The van der Waals surface area contributed by atoms with Gasteiger partial charge >= 0.3 is 7.12 Å². The molecule has 16 aromatic rings. The van der Waals surface area contributed by atoms with Crippen LogP contribution in [0.5, 0.6) is 0 Å². The van der Waals surface area contributed by atoms with Crippen molar-refractivity contribution in [2.24, 2.45) is 0 Å². The van der Waals surface area contributed by atoms with Crippen LogP contribution in [0.3, 0.4) is 0 Å². The number of rotatable bonds is 8. The predicted molar refractivity (Wildman–Crippen MR) is 351 cm³/mol. The molecule has 0 amide bonds. The number of nitrogens with zero attached hydrogens (tertiary/aromatic N) is 9. The standard InChI is InChI=1S/C45H29N5.C18H14BNO2.C9H5Cl2N3/c1-2-16-30(17-3-1)43-46-44(35-22-8-14-28-41(35)49-37-24-10-4-18-31(37)32-19-5-11-25-38(32)49)48-45(47-43)36-23-9-15-29-42(36)50-39-26-12-6-20-33(39)34-21-7-13-27-40(34)50;21-19(22)15-9-3-6-12-18(15)20-16-10-4-1-7-13(16)14-8-2-5-11-17(14)20;10-8-12-7(13-9(11)14-8)6-4-2-1-3-5-6/h1-29H;1-12,21-22H;1-5H. The molecule has 11 aromatic carbocycles. The molecule has 0 radical (unpaired) electrons. The van der Waals surface area contributed by atoms with Gasteiger partial charge in [-0.1, -0.05) is 212 Å². The Balaban J connectivity index is 0.000000148. The van der Waals surface area contributed by atoms with Crippen LogP contribution in [0.2, 0.25) is 10.6 Å². The molecule has 0 aliphatic heterocycles. The van der Waals surface area contributed by atoms with Crippen molar-refractivity contribution in [1.29, 1.82) is 0 Å². The topological polar surface area (TPSA) is 133 Å². The minimum Gasteiger partial charge on any atom is -0.423 e. The molecule has 14 heteroatoms. The molecule has 5 aromatic heterocycles. The van der Waals surface area contributed by atoms with E-state index in [9.17, 15) is 10.0 Å². The van der Waals surface area contributed by atoms with Crippen molar-refractivity contribution < 1.29 is 10.0 Å². The van der Waals surface area contributed by atoms with Gasteiger partial charge in [0.15, 0.2) is 23.3 Å². The third kappa shape index (κ3) is 9.98. The summed E-state index contributed by atoms with van der Waals surface area (Å²) in [5, 5.41) is 26.7. The minimum absolute atomic E-state index is 0.101. The second-order valence-corrected chi connectivity index (χ2v) is 21.0. The molecule has 0 fully saturated rings. The largest absolute Gasteiger partial charge is 0.490 e. The fraction of sp³-hybridized carbons (Fsp3) is 0. The van der Waals surface area contributed by atoms with E-state index in [1.54, 1.807) is 6.07 Å². The van der Waals surface area contributed by atoms with Gasteiger partial charge in [0.2, 0.25) is 10.6 Å². The SMILES string of the molecule is Clc1nc(Cl)nc(-c2ccccc2)n1.OB(O)c1ccccc1-n1c2ccccc2c2ccccc21.c1ccc(-c2nc(-c3ccccc3-n3c4ccccc4c4ccccc43)nc(-c3ccccc3-n3c4ccccc4c4ccccc43)n2)cc1. The highest BCUT2D eigenvalue weighted by Gasteiger charge is 2.23. The van der Waals surface area contributed by atoms with Crippen LogP contribution in [0.25, 0.3) is 128 Å². The lowest BCUT2D eigenvalue weighted by Gasteiger charge is -2.16. The van der Waals surface area contributed by atoms with Gasteiger partial charge in [-0.3, -0.25) is 0 Å². The molecule has 86 heavy (non-hydrogen) atoms. The van der Waals surface area contributed by atoms with E-state index in [2.05, 4.69) is 211 Å². The number of para-hydroxylation sites is 9. The van der Waals surface area contributed by atoms with Crippen molar-refractivity contribution in [2.45, 2.75) is 0 Å². The zero-order chi connectivity index (χ0) is 58.1. The summed E-state index contributed by atoms with van der Waals surface area (Å²) >= 11 is 11.3. The van der Waals surface area contributed by atoms with E-state index in [0.29, 0.717) is 28.8 Å². The van der Waals surface area contributed by atoms with Crippen LogP contribution < -0.4 is 5.46 Å². The lowest BCUT2D eigenvalue weighted by atomic mass is 9.79. The van der Waals surface area contributed by atoms with Crippen LogP contribution in [0.15, 0.2) is 279 Å². The highest BCUT2D eigenvalue weighted by molar-refractivity contribution is 6.60. The molecule has 0 saturated heterocycles. The van der Waals surface area contributed by atoms with Gasteiger partial charge in [-0.25, -0.2) is 15.0 Å². The number of hydrogen-bond acceptors (Lipinski definition) is 8. The molecule has 0 saturated carbocycles. The van der Waals surface area contributed by atoms with E-state index in [0.717, 1.165) is 83.2 Å². The molecule has 11 nitrogen and oxygen atoms in total. The van der Waals surface area contributed by atoms with E-state index >= 15 is 0 Å². The van der Waals surface area contributed by atoms with Crippen molar-refractivity contribution >= 4 is 101 Å². The number of aromatic nitrogens is 9. The monoisotopic (exact) mass is 1150 g/mol. The van der Waals surface area contributed by atoms with E-state index in [1.165, 1.54) is 21.5 Å². The fourth-order valence-corrected chi connectivity index (χ4v) is 11.9. The van der Waals surface area contributed by atoms with Gasteiger partial charge in [-0.15, -0.1) is 0 Å². The first kappa shape index (κ1) is 53.4. The Kier molecular flexibility index (Phi) is 14.4. The van der Waals surface area contributed by atoms with Crippen LogP contribution in [0.1, 0.15) is 0 Å². The quantitative estimate of drug-likeness (QED) is 0.144. The lowest BCUT2D eigenvalue weighted by Crippen LogP contribution is -2.33. The molecule has 0 bridgehead atoms. The highest BCUT2D eigenvalue weighted by atomic mass is 35.5. The summed E-state index contributed by atoms with van der Waals surface area (Å²) in [6.07, 6.45) is 0. The summed E-state index contributed by atoms with van der Waals surface area (Å²) in [6, 6.07) is 94.4. The highest BCUT2D eigenvalue weighted by Crippen LogP contribution is 2.39. The molecule has 5 heterocycles. The molecular weight excluding hydrogens is 1100 g/mol.